The fourth-order valence-electron chi connectivity index (χ4n) is 3.46. The van der Waals surface area contributed by atoms with Crippen LogP contribution in [0.15, 0.2) is 54.9 Å². The van der Waals surface area contributed by atoms with Crippen LogP contribution in [0.3, 0.4) is 0 Å². The van der Waals surface area contributed by atoms with E-state index in [1.165, 1.54) is 11.3 Å². The fourth-order valence-corrected chi connectivity index (χ4v) is 4.66. The summed E-state index contributed by atoms with van der Waals surface area (Å²) in [7, 11) is 0. The molecule has 3 heterocycles. The summed E-state index contributed by atoms with van der Waals surface area (Å²) in [6.07, 6.45) is 3.69. The molecule has 5 rings (SSSR count). The van der Waals surface area contributed by atoms with E-state index in [1.54, 1.807) is 17.3 Å². The molecule has 1 amide bonds. The summed E-state index contributed by atoms with van der Waals surface area (Å²) in [5.41, 5.74) is 3.51. The Labute approximate surface area is 188 Å². The zero-order chi connectivity index (χ0) is 21.4. The third-order valence-corrected chi connectivity index (χ3v) is 6.58. The van der Waals surface area contributed by atoms with Crippen LogP contribution in [0.4, 0.5) is 5.13 Å². The number of pyridine rings is 1. The van der Waals surface area contributed by atoms with Crippen LogP contribution in [-0.2, 0) is 17.8 Å². The Morgan fingerprint density at radius 3 is 2.87 bits per heavy atom. The number of nitrogens with zero attached hydrogens (tertiary/aromatic N) is 3. The predicted octanol–water partition coefficient (Wildman–Crippen LogP) is 5.16. The molecule has 8 heteroatoms. The highest BCUT2D eigenvalue weighted by atomic mass is 35.5. The topological polar surface area (TPSA) is 64.6 Å². The van der Waals surface area contributed by atoms with Gasteiger partial charge in [-0.1, -0.05) is 35.1 Å². The molecule has 1 aliphatic rings. The van der Waals surface area contributed by atoms with Crippen LogP contribution >= 0.6 is 22.9 Å². The van der Waals surface area contributed by atoms with Gasteiger partial charge in [-0.15, -0.1) is 0 Å². The largest absolute Gasteiger partial charge is 0.454 e. The monoisotopic (exact) mass is 451 g/mol. The zero-order valence-corrected chi connectivity index (χ0v) is 18.2. The minimum absolute atomic E-state index is 0.0643. The van der Waals surface area contributed by atoms with Gasteiger partial charge in [-0.2, -0.15) is 0 Å². The van der Waals surface area contributed by atoms with Crippen molar-refractivity contribution in [2.45, 2.75) is 19.9 Å². The number of amides is 1. The summed E-state index contributed by atoms with van der Waals surface area (Å²) in [5, 5.41) is 1.30. The summed E-state index contributed by atoms with van der Waals surface area (Å²) in [6.45, 7) is 2.52. The highest BCUT2D eigenvalue weighted by Gasteiger charge is 2.23. The first kappa shape index (κ1) is 19.8. The van der Waals surface area contributed by atoms with E-state index >= 15 is 0 Å². The van der Waals surface area contributed by atoms with Gasteiger partial charge in [0.1, 0.15) is 0 Å². The van der Waals surface area contributed by atoms with Crippen LogP contribution in [0.5, 0.6) is 11.5 Å². The van der Waals surface area contributed by atoms with Crippen molar-refractivity contribution in [1.29, 1.82) is 0 Å². The lowest BCUT2D eigenvalue weighted by atomic mass is 10.1. The second-order valence-electron chi connectivity index (χ2n) is 7.22. The number of carbonyl (C=O) groups is 1. The van der Waals surface area contributed by atoms with Gasteiger partial charge >= 0.3 is 0 Å². The Bertz CT molecular complexity index is 1280. The van der Waals surface area contributed by atoms with E-state index in [4.69, 9.17) is 26.1 Å². The van der Waals surface area contributed by atoms with Crippen molar-refractivity contribution in [2.75, 3.05) is 11.7 Å². The molecular weight excluding hydrogens is 434 g/mol. The van der Waals surface area contributed by atoms with Crippen molar-refractivity contribution >= 4 is 44.2 Å². The first-order valence-corrected chi connectivity index (χ1v) is 10.9. The maximum Gasteiger partial charge on any atom is 0.233 e. The van der Waals surface area contributed by atoms with E-state index in [9.17, 15) is 4.79 Å². The van der Waals surface area contributed by atoms with Gasteiger partial charge < -0.3 is 9.47 Å². The number of aromatic nitrogens is 2. The predicted molar refractivity (Wildman–Crippen MR) is 121 cm³/mol. The van der Waals surface area contributed by atoms with Crippen molar-refractivity contribution in [3.8, 4) is 11.5 Å². The molecule has 0 radical (unpaired) electrons. The van der Waals surface area contributed by atoms with Crippen LogP contribution in [0.1, 0.15) is 16.7 Å². The van der Waals surface area contributed by atoms with E-state index in [-0.39, 0.29) is 19.1 Å². The average Bonchev–Trinajstić information content (AvgIpc) is 3.42. The molecule has 0 unspecified atom stereocenters. The lowest BCUT2D eigenvalue weighted by molar-refractivity contribution is -0.118. The number of benzene rings is 2. The number of rotatable bonds is 5. The minimum Gasteiger partial charge on any atom is -0.454 e. The van der Waals surface area contributed by atoms with Gasteiger partial charge in [0.2, 0.25) is 12.7 Å². The van der Waals surface area contributed by atoms with Gasteiger partial charge in [-0.05, 0) is 53.9 Å². The summed E-state index contributed by atoms with van der Waals surface area (Å²) >= 11 is 7.75. The molecule has 0 saturated carbocycles. The highest BCUT2D eigenvalue weighted by molar-refractivity contribution is 7.22. The van der Waals surface area contributed by atoms with Crippen LogP contribution < -0.4 is 14.4 Å². The lowest BCUT2D eigenvalue weighted by Crippen LogP contribution is -2.31. The molecule has 156 valence electrons. The van der Waals surface area contributed by atoms with Crippen molar-refractivity contribution in [2.24, 2.45) is 0 Å². The second kappa shape index (κ2) is 8.17. The number of carbonyl (C=O) groups excluding carboxylic acids is 1. The van der Waals surface area contributed by atoms with Gasteiger partial charge in [0.25, 0.3) is 0 Å². The molecule has 6 nitrogen and oxygen atoms in total. The first-order chi connectivity index (χ1) is 15.1. The van der Waals surface area contributed by atoms with E-state index in [0.717, 1.165) is 26.9 Å². The van der Waals surface area contributed by atoms with Crippen LogP contribution in [0.2, 0.25) is 5.02 Å². The lowest BCUT2D eigenvalue weighted by Gasteiger charge is -2.20. The number of aryl methyl sites for hydroxylation is 1. The molecule has 0 N–H and O–H groups in total. The molecule has 0 atom stereocenters. The number of anilines is 1. The smallest absolute Gasteiger partial charge is 0.233 e. The van der Waals surface area contributed by atoms with Gasteiger partial charge in [0, 0.05) is 17.4 Å². The van der Waals surface area contributed by atoms with Gasteiger partial charge in [-0.3, -0.25) is 14.7 Å². The molecule has 0 fully saturated rings. The summed E-state index contributed by atoms with van der Waals surface area (Å²) in [5.74, 6) is 1.29. The molecule has 0 aliphatic carbocycles. The summed E-state index contributed by atoms with van der Waals surface area (Å²) in [4.78, 5) is 24.1. The molecule has 0 spiro atoms. The third-order valence-electron chi connectivity index (χ3n) is 5.12. The summed E-state index contributed by atoms with van der Waals surface area (Å²) in [6, 6.07) is 13.2. The van der Waals surface area contributed by atoms with E-state index in [1.807, 2.05) is 49.4 Å². The maximum atomic E-state index is 13.4. The molecule has 31 heavy (non-hydrogen) atoms. The van der Waals surface area contributed by atoms with Crippen LogP contribution in [0.25, 0.3) is 10.2 Å². The second-order valence-corrected chi connectivity index (χ2v) is 8.64. The Hall–Kier alpha value is -3.16. The number of hydrogen-bond donors (Lipinski definition) is 0. The highest BCUT2D eigenvalue weighted by Crippen LogP contribution is 2.35. The van der Waals surface area contributed by atoms with Gasteiger partial charge in [0.05, 0.1) is 23.2 Å². The molecule has 0 saturated heterocycles. The zero-order valence-electron chi connectivity index (χ0n) is 16.7. The molecule has 1 aliphatic heterocycles. The number of hydrogen-bond acceptors (Lipinski definition) is 6. The fraction of sp³-hybridized carbons (Fsp3) is 0.174. The number of fused-ring (bicyclic) bond motifs is 2. The van der Waals surface area contributed by atoms with E-state index in [2.05, 4.69) is 4.98 Å². The van der Waals surface area contributed by atoms with Gasteiger partial charge in [-0.25, -0.2) is 4.98 Å². The molecule has 2 aromatic carbocycles. The Balaban J connectivity index is 1.49. The van der Waals surface area contributed by atoms with Crippen molar-refractivity contribution < 1.29 is 14.3 Å². The third kappa shape index (κ3) is 3.94. The van der Waals surface area contributed by atoms with Crippen molar-refractivity contribution in [1.82, 2.24) is 9.97 Å². The molecule has 2 aromatic heterocycles. The van der Waals surface area contributed by atoms with Crippen molar-refractivity contribution in [3.63, 3.8) is 0 Å². The average molecular weight is 452 g/mol. The molecule has 4 aromatic rings. The van der Waals surface area contributed by atoms with Crippen molar-refractivity contribution in [3.05, 3.63) is 76.6 Å². The Morgan fingerprint density at radius 1 is 1.16 bits per heavy atom. The number of halogens is 1. The van der Waals surface area contributed by atoms with E-state index in [0.29, 0.717) is 28.2 Å². The quantitative estimate of drug-likeness (QED) is 0.419. The molecule has 0 bridgehead atoms. The molecular formula is C23H18ClN3O3S. The van der Waals surface area contributed by atoms with Crippen LogP contribution in [-0.4, -0.2) is 22.7 Å². The normalized spacial score (nSPS) is 12.3. The van der Waals surface area contributed by atoms with Crippen LogP contribution in [0, 0.1) is 6.92 Å². The first-order valence-electron chi connectivity index (χ1n) is 9.72. The minimum atomic E-state index is -0.0643. The van der Waals surface area contributed by atoms with Gasteiger partial charge in [0.15, 0.2) is 16.6 Å². The maximum absolute atomic E-state index is 13.4. The summed E-state index contributed by atoms with van der Waals surface area (Å²) < 4.78 is 11.8. The van der Waals surface area contributed by atoms with E-state index < -0.39 is 0 Å². The Morgan fingerprint density at radius 2 is 2.03 bits per heavy atom. The Kier molecular flexibility index (Phi) is 5.21. The standard InChI is InChI=1S/C23H18ClN3O3S/c1-14-17(24)5-7-20-22(14)26-23(31-20)27(12-16-3-2-8-25-11-16)21(28)10-15-4-6-18-19(9-15)30-13-29-18/h2-9,11H,10,12-13H2,1H3. The number of thiazole rings is 1. The SMILES string of the molecule is Cc1c(Cl)ccc2sc(N(Cc3cccnc3)C(=O)Cc3ccc4c(c3)OCO4)nc12. The number of ether oxygens (including phenoxy) is 2.